The molecule has 4 aromatic rings. The summed E-state index contributed by atoms with van der Waals surface area (Å²) in [5.41, 5.74) is 3.79. The number of carbonyl (C=O) groups excluding carboxylic acids is 3. The minimum atomic E-state index is -0.952. The van der Waals surface area contributed by atoms with Crippen molar-refractivity contribution in [1.29, 1.82) is 0 Å². The highest BCUT2D eigenvalue weighted by Crippen LogP contribution is 2.52. The van der Waals surface area contributed by atoms with Crippen LogP contribution in [0.5, 0.6) is 0 Å². The van der Waals surface area contributed by atoms with Gasteiger partial charge in [-0.05, 0) is 111 Å². The zero-order valence-electron chi connectivity index (χ0n) is 33.2. The van der Waals surface area contributed by atoms with E-state index < -0.39 is 29.1 Å². The molecule has 0 N–H and O–H groups in total. The number of benzene rings is 3. The molecule has 10 rings (SSSR count). The van der Waals surface area contributed by atoms with Crippen LogP contribution in [0.3, 0.4) is 0 Å². The summed E-state index contributed by atoms with van der Waals surface area (Å²) in [4.78, 5) is 63.6. The lowest BCUT2D eigenvalue weighted by Gasteiger charge is -2.35. The number of amides is 3. The lowest BCUT2D eigenvalue weighted by Crippen LogP contribution is -2.41. The molecule has 1 spiro atoms. The number of hydrogen-bond donors (Lipinski definition) is 0. The Morgan fingerprint density at radius 2 is 1.58 bits per heavy atom. The smallest absolute Gasteiger partial charge is 0.282 e. The van der Waals surface area contributed by atoms with Gasteiger partial charge in [-0.25, -0.2) is 13.7 Å². The van der Waals surface area contributed by atoms with Crippen molar-refractivity contribution in [2.45, 2.75) is 88.4 Å². The van der Waals surface area contributed by atoms with Crippen LogP contribution >= 0.6 is 11.6 Å². The molecule has 1 saturated carbocycles. The number of anilines is 2. The second-order valence-electron chi connectivity index (χ2n) is 17.8. The Labute approximate surface area is 347 Å². The van der Waals surface area contributed by atoms with Gasteiger partial charge in [-0.15, -0.1) is 0 Å². The van der Waals surface area contributed by atoms with Crippen LogP contribution < -0.4 is 15.4 Å². The first-order valence-corrected chi connectivity index (χ1v) is 21.9. The molecule has 59 heavy (non-hydrogen) atoms. The molecule has 3 amide bonds. The minimum Gasteiger partial charge on any atom is -0.371 e. The Hall–Kier alpha value is -4.68. The van der Waals surface area contributed by atoms with Crippen LogP contribution in [0.15, 0.2) is 53.3 Å². The molecule has 5 fully saturated rings. The monoisotopic (exact) mass is 822 g/mol. The molecule has 5 aliphatic heterocycles. The van der Waals surface area contributed by atoms with Gasteiger partial charge in [0, 0.05) is 51.3 Å². The van der Waals surface area contributed by atoms with E-state index >= 15 is 8.78 Å². The Balaban J connectivity index is 0.767. The van der Waals surface area contributed by atoms with Crippen LogP contribution in [0.25, 0.3) is 16.6 Å². The molecule has 6 heterocycles. The third kappa shape index (κ3) is 6.56. The summed E-state index contributed by atoms with van der Waals surface area (Å²) in [7, 11) is 0. The molecule has 6 aliphatic rings. The van der Waals surface area contributed by atoms with Crippen LogP contribution in [-0.4, -0.2) is 82.9 Å². The largest absolute Gasteiger partial charge is 0.371 e. The number of nitrogens with zero attached hydrogens (tertiary/aromatic N) is 6. The maximum Gasteiger partial charge on any atom is 0.282 e. The van der Waals surface area contributed by atoms with Crippen LogP contribution in [0.2, 0.25) is 5.02 Å². The first-order valence-electron chi connectivity index (χ1n) is 21.6. The normalized spacial score (nSPS) is 23.5. The highest BCUT2D eigenvalue weighted by atomic mass is 35.5. The summed E-state index contributed by atoms with van der Waals surface area (Å²) < 4.78 is 32.8. The molecule has 2 atom stereocenters. The van der Waals surface area contributed by atoms with Gasteiger partial charge in [0.05, 0.1) is 32.9 Å². The lowest BCUT2D eigenvalue weighted by molar-refractivity contribution is -0.134. The molecule has 308 valence electrons. The van der Waals surface area contributed by atoms with E-state index in [2.05, 4.69) is 27.7 Å². The number of fused-ring (bicyclic) bond motifs is 7. The fourth-order valence-electron chi connectivity index (χ4n) is 11.4. The van der Waals surface area contributed by atoms with E-state index in [0.717, 1.165) is 81.6 Å². The van der Waals surface area contributed by atoms with Gasteiger partial charge >= 0.3 is 0 Å². The zero-order chi connectivity index (χ0) is 40.6. The van der Waals surface area contributed by atoms with E-state index in [9.17, 15) is 19.2 Å². The van der Waals surface area contributed by atoms with Gasteiger partial charge in [-0.2, -0.15) is 4.98 Å². The molecule has 0 radical (unpaired) electrons. The predicted octanol–water partition coefficient (Wildman–Crippen LogP) is 7.48. The van der Waals surface area contributed by atoms with Crippen molar-refractivity contribution in [1.82, 2.24) is 19.4 Å². The van der Waals surface area contributed by atoms with E-state index in [1.54, 1.807) is 6.07 Å². The molecule has 0 bridgehead atoms. The third-order valence-electron chi connectivity index (χ3n) is 14.4. The Kier molecular flexibility index (Phi) is 9.86. The molecule has 1 aliphatic carbocycles. The average molecular weight is 823 g/mol. The van der Waals surface area contributed by atoms with Gasteiger partial charge < -0.3 is 14.7 Å². The van der Waals surface area contributed by atoms with Crippen molar-refractivity contribution < 1.29 is 23.2 Å². The number of imide groups is 1. The van der Waals surface area contributed by atoms with Crippen LogP contribution in [-0.2, 0) is 19.8 Å². The molecule has 13 heteroatoms. The molecule has 0 unspecified atom stereocenters. The number of likely N-dealkylation sites (tertiary alicyclic amines) is 2. The maximum atomic E-state index is 15.3. The van der Waals surface area contributed by atoms with Gasteiger partial charge in [-0.3, -0.25) is 23.7 Å². The van der Waals surface area contributed by atoms with Crippen molar-refractivity contribution in [3.8, 4) is 5.69 Å². The SMILES string of the molecule is O=C([C@@H]1CCN(c2cc(F)c(N3C(=O)CCCC3=O)c(F)c2)C1)N1CC[C@H](CN2CCC(c3ccc4c(c3)-n3c(nc(=O)c5c(Cl)cccc53)C43CCCCC3)CC2)C1. The van der Waals surface area contributed by atoms with Crippen molar-refractivity contribution in [2.24, 2.45) is 11.8 Å². The summed E-state index contributed by atoms with van der Waals surface area (Å²) in [6.45, 7) is 5.21. The van der Waals surface area contributed by atoms with Gasteiger partial charge in [0.2, 0.25) is 17.7 Å². The number of hydrogen-bond acceptors (Lipinski definition) is 7. The van der Waals surface area contributed by atoms with Crippen LogP contribution in [0.4, 0.5) is 20.2 Å². The van der Waals surface area contributed by atoms with E-state index in [1.807, 2.05) is 21.9 Å². The Morgan fingerprint density at radius 3 is 2.32 bits per heavy atom. The van der Waals surface area contributed by atoms with Gasteiger partial charge in [0.25, 0.3) is 5.56 Å². The summed E-state index contributed by atoms with van der Waals surface area (Å²) in [5.74, 6) is -1.58. The average Bonchev–Trinajstić information content (AvgIpc) is 3.97. The Morgan fingerprint density at radius 1 is 0.831 bits per heavy atom. The molecule has 3 aromatic carbocycles. The second kappa shape index (κ2) is 15.1. The minimum absolute atomic E-state index is 0.0734. The van der Waals surface area contributed by atoms with Gasteiger partial charge in [-0.1, -0.05) is 49.1 Å². The van der Waals surface area contributed by atoms with Crippen molar-refractivity contribution >= 4 is 51.6 Å². The fourth-order valence-corrected chi connectivity index (χ4v) is 11.6. The van der Waals surface area contributed by atoms with E-state index in [4.69, 9.17) is 16.6 Å². The van der Waals surface area contributed by atoms with Crippen LogP contribution in [0.1, 0.15) is 99.9 Å². The van der Waals surface area contributed by atoms with Gasteiger partial charge in [0.1, 0.15) is 11.5 Å². The number of halogens is 3. The number of aromatic nitrogens is 2. The summed E-state index contributed by atoms with van der Waals surface area (Å²) in [6, 6.07) is 15.0. The fraction of sp³-hybridized carbons (Fsp3) is 0.500. The number of piperidine rings is 2. The Bertz CT molecular complexity index is 2400. The maximum absolute atomic E-state index is 15.3. The first-order chi connectivity index (χ1) is 28.6. The van der Waals surface area contributed by atoms with E-state index in [0.29, 0.717) is 71.9 Å². The summed E-state index contributed by atoms with van der Waals surface area (Å²) in [6.07, 6.45) is 9.58. The number of rotatable bonds is 6. The van der Waals surface area contributed by atoms with Crippen molar-refractivity contribution in [3.63, 3.8) is 0 Å². The second-order valence-corrected chi connectivity index (χ2v) is 18.2. The standard InChI is InChI=1S/C46H49ClF2N6O4/c47-34-6-4-7-37-41(34)43(58)50-45-46(16-2-1-3-17-46)33-11-10-30(22-38(33)54(37)45)29-13-18-51(19-14-29)25-28-12-20-53(26-28)44(59)31-15-21-52(27-31)32-23-35(48)42(36(49)24-32)55-39(56)8-5-9-40(55)57/h4,6-7,10-11,22-24,28-29,31H,1-3,5,8-9,12-21,25-27H2/t28-,31-/m1/s1. The topological polar surface area (TPSA) is 99.1 Å². The highest BCUT2D eigenvalue weighted by molar-refractivity contribution is 6.35. The molecular weight excluding hydrogens is 774 g/mol. The predicted molar refractivity (Wildman–Crippen MR) is 222 cm³/mol. The highest BCUT2D eigenvalue weighted by Gasteiger charge is 2.47. The summed E-state index contributed by atoms with van der Waals surface area (Å²) in [5, 5.41) is 0.920. The van der Waals surface area contributed by atoms with Gasteiger partial charge in [0.15, 0.2) is 11.6 Å². The molecule has 4 saturated heterocycles. The van der Waals surface area contributed by atoms with E-state index in [1.165, 1.54) is 29.7 Å². The first kappa shape index (κ1) is 38.5. The molecule has 1 aromatic heterocycles. The quantitative estimate of drug-likeness (QED) is 0.186. The number of carbonyl (C=O) groups is 3. The third-order valence-corrected chi connectivity index (χ3v) is 14.7. The summed E-state index contributed by atoms with van der Waals surface area (Å²) >= 11 is 6.60. The molecular formula is C46H49ClF2N6O4. The van der Waals surface area contributed by atoms with Crippen molar-refractivity contribution in [3.05, 3.63) is 92.5 Å². The lowest BCUT2D eigenvalue weighted by atomic mass is 9.69. The van der Waals surface area contributed by atoms with E-state index in [-0.39, 0.29) is 35.6 Å². The van der Waals surface area contributed by atoms with Crippen molar-refractivity contribution in [2.75, 3.05) is 55.6 Å². The van der Waals surface area contributed by atoms with Crippen LogP contribution in [0, 0.1) is 23.5 Å². The zero-order valence-corrected chi connectivity index (χ0v) is 34.0. The molecule has 10 nitrogen and oxygen atoms in total.